The molecular weight excluding hydrogens is 295 g/mol. The molecule has 0 aliphatic heterocycles. The Morgan fingerprint density at radius 2 is 2.05 bits per heavy atom. The van der Waals surface area contributed by atoms with Gasteiger partial charge in [-0.1, -0.05) is 0 Å². The summed E-state index contributed by atoms with van der Waals surface area (Å²) in [7, 11) is -3.90. The average Bonchev–Trinajstić information content (AvgIpc) is 3.19. The summed E-state index contributed by atoms with van der Waals surface area (Å²) in [6.07, 6.45) is -2.10. The lowest BCUT2D eigenvalue weighted by molar-refractivity contribution is -0.141. The zero-order valence-corrected chi connectivity index (χ0v) is 11.2. The first-order valence-corrected chi connectivity index (χ1v) is 7.48. The van der Waals surface area contributed by atoms with Crippen LogP contribution in [0.5, 0.6) is 0 Å². The second kappa shape index (κ2) is 5.30. The Kier molecular flexibility index (Phi) is 4.03. The molecule has 1 aromatic rings. The molecule has 1 aliphatic carbocycles. The normalized spacial score (nSPS) is 18.0. The number of hydrogen-bond acceptors (Lipinski definition) is 4. The Hall–Kier alpha value is -1.19. The van der Waals surface area contributed by atoms with Gasteiger partial charge in [-0.05, 0) is 30.9 Å². The molecule has 9 heteroatoms. The number of alkyl halides is 3. The van der Waals surface area contributed by atoms with Gasteiger partial charge in [-0.25, -0.2) is 13.1 Å². The smallest absolute Gasteiger partial charge is 0.329 e. The van der Waals surface area contributed by atoms with Crippen LogP contribution in [0.3, 0.4) is 0 Å². The van der Waals surface area contributed by atoms with E-state index in [1.165, 1.54) is 0 Å². The Morgan fingerprint density at radius 3 is 2.45 bits per heavy atom. The molecule has 0 bridgehead atoms. The summed E-state index contributed by atoms with van der Waals surface area (Å²) in [4.78, 5) is 2.83. The maximum Gasteiger partial charge on any atom is 0.433 e. The van der Waals surface area contributed by atoms with Crippen molar-refractivity contribution < 1.29 is 21.6 Å². The fourth-order valence-corrected chi connectivity index (χ4v) is 3.07. The fourth-order valence-electron chi connectivity index (χ4n) is 1.81. The lowest BCUT2D eigenvalue weighted by atomic mass is 10.2. The molecule has 0 radical (unpaired) electrons. The zero-order valence-electron chi connectivity index (χ0n) is 10.4. The number of aromatic nitrogens is 1. The number of nitrogens with one attached hydrogen (secondary N) is 1. The van der Waals surface area contributed by atoms with Crippen molar-refractivity contribution in [3.05, 3.63) is 24.0 Å². The van der Waals surface area contributed by atoms with E-state index in [-0.39, 0.29) is 23.4 Å². The molecule has 1 unspecified atom stereocenters. The van der Waals surface area contributed by atoms with E-state index in [0.717, 1.165) is 18.9 Å². The van der Waals surface area contributed by atoms with Crippen molar-refractivity contribution >= 4 is 10.0 Å². The first kappa shape index (κ1) is 15.2. The van der Waals surface area contributed by atoms with Gasteiger partial charge in [0, 0.05) is 18.8 Å². The van der Waals surface area contributed by atoms with Gasteiger partial charge in [0.25, 0.3) is 0 Å². The monoisotopic (exact) mass is 309 g/mol. The third-order valence-electron chi connectivity index (χ3n) is 3.09. The molecule has 1 aliphatic rings. The summed E-state index contributed by atoms with van der Waals surface area (Å²) in [5.41, 5.74) is 4.36. The van der Waals surface area contributed by atoms with Gasteiger partial charge >= 0.3 is 6.18 Å². The number of nitrogens with zero attached hydrogens (tertiary/aromatic N) is 1. The number of hydrogen-bond donors (Lipinski definition) is 2. The molecule has 0 aromatic carbocycles. The largest absolute Gasteiger partial charge is 0.433 e. The average molecular weight is 309 g/mol. The molecular formula is C11H14F3N3O2S. The summed E-state index contributed by atoms with van der Waals surface area (Å²) in [6.45, 7) is 0.151. The Balaban J connectivity index is 2.17. The molecule has 0 amide bonds. The van der Waals surface area contributed by atoms with Crippen LogP contribution < -0.4 is 10.5 Å². The highest BCUT2D eigenvalue weighted by molar-refractivity contribution is 7.89. The molecule has 1 saturated carbocycles. The molecule has 1 aromatic heterocycles. The lowest BCUT2D eigenvalue weighted by Gasteiger charge is -2.16. The Bertz CT molecular complexity index is 568. The van der Waals surface area contributed by atoms with E-state index >= 15 is 0 Å². The third kappa shape index (κ3) is 3.47. The van der Waals surface area contributed by atoms with Gasteiger partial charge in [-0.2, -0.15) is 13.2 Å². The van der Waals surface area contributed by atoms with E-state index in [1.807, 2.05) is 0 Å². The summed E-state index contributed by atoms with van der Waals surface area (Å²) in [5.74, 6) is 0.206. The van der Waals surface area contributed by atoms with Gasteiger partial charge in [0.05, 0.1) is 0 Å². The summed E-state index contributed by atoms with van der Waals surface area (Å²) < 4.78 is 63.5. The Morgan fingerprint density at radius 1 is 1.40 bits per heavy atom. The minimum Gasteiger partial charge on any atom is -0.329 e. The predicted octanol–water partition coefficient (Wildman–Crippen LogP) is 1.12. The zero-order chi connectivity index (χ0) is 15.0. The number of pyridine rings is 1. The highest BCUT2D eigenvalue weighted by Crippen LogP contribution is 2.33. The SMILES string of the molecule is NCC(NS(=O)(=O)c1ccc(C(F)(F)F)nc1)C1CC1. The molecule has 20 heavy (non-hydrogen) atoms. The van der Waals surface area contributed by atoms with E-state index in [1.54, 1.807) is 0 Å². The van der Waals surface area contributed by atoms with E-state index in [4.69, 9.17) is 5.73 Å². The van der Waals surface area contributed by atoms with Crippen LogP contribution in [-0.4, -0.2) is 26.0 Å². The quantitative estimate of drug-likeness (QED) is 0.853. The maximum absolute atomic E-state index is 12.4. The van der Waals surface area contributed by atoms with Crippen LogP contribution in [0.15, 0.2) is 23.2 Å². The number of halogens is 3. The number of sulfonamides is 1. The number of nitrogens with two attached hydrogens (primary N) is 1. The molecule has 112 valence electrons. The van der Waals surface area contributed by atoms with Crippen molar-refractivity contribution in [1.82, 2.24) is 9.71 Å². The van der Waals surface area contributed by atoms with E-state index in [0.29, 0.717) is 12.3 Å². The van der Waals surface area contributed by atoms with Crippen molar-refractivity contribution in [2.45, 2.75) is 30.0 Å². The molecule has 2 rings (SSSR count). The van der Waals surface area contributed by atoms with Crippen molar-refractivity contribution in [3.63, 3.8) is 0 Å². The van der Waals surface area contributed by atoms with E-state index in [9.17, 15) is 21.6 Å². The molecule has 3 N–H and O–H groups in total. The van der Waals surface area contributed by atoms with Crippen molar-refractivity contribution in [1.29, 1.82) is 0 Å². The molecule has 0 saturated heterocycles. The second-order valence-corrected chi connectivity index (χ2v) is 6.39. The molecule has 1 heterocycles. The van der Waals surface area contributed by atoms with Crippen LogP contribution in [0, 0.1) is 5.92 Å². The van der Waals surface area contributed by atoms with Gasteiger partial charge in [-0.15, -0.1) is 0 Å². The summed E-state index contributed by atoms with van der Waals surface area (Å²) in [6, 6.07) is 1.14. The molecule has 0 spiro atoms. The van der Waals surface area contributed by atoms with Crippen LogP contribution in [0.4, 0.5) is 13.2 Å². The topological polar surface area (TPSA) is 85.1 Å². The predicted molar refractivity (Wildman–Crippen MR) is 65.1 cm³/mol. The third-order valence-corrected chi connectivity index (χ3v) is 4.56. The lowest BCUT2D eigenvalue weighted by Crippen LogP contribution is -2.41. The van der Waals surface area contributed by atoms with E-state index < -0.39 is 21.9 Å². The van der Waals surface area contributed by atoms with Crippen LogP contribution in [-0.2, 0) is 16.2 Å². The van der Waals surface area contributed by atoms with Crippen LogP contribution in [0.25, 0.3) is 0 Å². The van der Waals surface area contributed by atoms with Crippen molar-refractivity contribution in [2.75, 3.05) is 6.54 Å². The van der Waals surface area contributed by atoms with Crippen molar-refractivity contribution in [2.24, 2.45) is 11.7 Å². The van der Waals surface area contributed by atoms with Gasteiger partial charge in [-0.3, -0.25) is 4.98 Å². The fraction of sp³-hybridized carbons (Fsp3) is 0.545. The van der Waals surface area contributed by atoms with Gasteiger partial charge in [0.15, 0.2) is 0 Å². The summed E-state index contributed by atoms with van der Waals surface area (Å²) in [5, 5.41) is 0. The highest BCUT2D eigenvalue weighted by Gasteiger charge is 2.35. The molecule has 1 atom stereocenters. The van der Waals surface area contributed by atoms with E-state index in [2.05, 4.69) is 9.71 Å². The molecule has 5 nitrogen and oxygen atoms in total. The maximum atomic E-state index is 12.4. The van der Waals surface area contributed by atoms with Crippen molar-refractivity contribution in [3.8, 4) is 0 Å². The highest BCUT2D eigenvalue weighted by atomic mass is 32.2. The van der Waals surface area contributed by atoms with Crippen LogP contribution >= 0.6 is 0 Å². The first-order valence-electron chi connectivity index (χ1n) is 5.99. The standard InChI is InChI=1S/C11H14F3N3O2S/c12-11(13,14)10-4-3-8(6-16-10)20(18,19)17-9(5-15)7-1-2-7/h3-4,6-7,9,17H,1-2,5,15H2. The second-order valence-electron chi connectivity index (χ2n) is 4.68. The van der Waals surface area contributed by atoms with Crippen LogP contribution in [0.2, 0.25) is 0 Å². The first-order chi connectivity index (χ1) is 9.24. The Labute approximate surface area is 114 Å². The number of rotatable bonds is 5. The summed E-state index contributed by atoms with van der Waals surface area (Å²) >= 11 is 0. The van der Waals surface area contributed by atoms with Gasteiger partial charge < -0.3 is 5.73 Å². The minimum absolute atomic E-state index is 0.151. The van der Waals surface area contributed by atoms with Gasteiger partial charge in [0.2, 0.25) is 10.0 Å². The minimum atomic E-state index is -4.59. The van der Waals surface area contributed by atoms with Crippen LogP contribution in [0.1, 0.15) is 18.5 Å². The van der Waals surface area contributed by atoms with Gasteiger partial charge in [0.1, 0.15) is 10.6 Å². The molecule has 1 fully saturated rings.